The van der Waals surface area contributed by atoms with E-state index < -0.39 is 47.1 Å². The summed E-state index contributed by atoms with van der Waals surface area (Å²) < 4.78 is 10.7. The summed E-state index contributed by atoms with van der Waals surface area (Å²) in [4.78, 5) is 53.3. The molecule has 0 bridgehead atoms. The molecule has 2 fully saturated rings. The van der Waals surface area contributed by atoms with Crippen molar-refractivity contribution in [3.8, 4) is 11.5 Å². The van der Waals surface area contributed by atoms with E-state index in [4.69, 9.17) is 21.1 Å². The number of rotatable bonds is 5. The van der Waals surface area contributed by atoms with Crippen LogP contribution in [0.1, 0.15) is 24.0 Å². The minimum Gasteiger partial charge on any atom is -0.481 e. The van der Waals surface area contributed by atoms with Crippen molar-refractivity contribution >= 4 is 41.0 Å². The molecule has 4 heterocycles. The Balaban J connectivity index is 1.40. The van der Waals surface area contributed by atoms with E-state index >= 15 is 0 Å². The van der Waals surface area contributed by atoms with Crippen LogP contribution in [0.5, 0.6) is 11.5 Å². The first-order chi connectivity index (χ1) is 16.8. The number of carbonyl (C=O) groups excluding carboxylic acids is 3. The third kappa shape index (κ3) is 3.06. The van der Waals surface area contributed by atoms with E-state index in [9.17, 15) is 24.3 Å². The number of carboxylic acid groups (broad SMARTS) is 1. The highest BCUT2D eigenvalue weighted by molar-refractivity contribution is 6.35. The zero-order valence-electron chi connectivity index (χ0n) is 18.2. The van der Waals surface area contributed by atoms with Gasteiger partial charge in [-0.25, -0.2) is 0 Å². The first-order valence-electron chi connectivity index (χ1n) is 11.1. The maximum atomic E-state index is 13.8. The number of likely N-dealkylation sites (tertiary alicyclic amines) is 1. The Morgan fingerprint density at radius 1 is 1.14 bits per heavy atom. The SMILES string of the molecule is O=C(O)CC[C@@H]1N[C@@]2(C(=O)Nc3c(Cl)cccc32)[C@@H]2C(=O)N(Cc3ccc4c(c3)OCO4)C(=O)[C@H]12. The Labute approximate surface area is 204 Å². The van der Waals surface area contributed by atoms with E-state index in [1.54, 1.807) is 36.4 Å². The van der Waals surface area contributed by atoms with Crippen molar-refractivity contribution in [3.63, 3.8) is 0 Å². The maximum absolute atomic E-state index is 13.8. The number of aliphatic carboxylic acids is 1. The lowest BCUT2D eigenvalue weighted by Crippen LogP contribution is -2.53. The molecular weight excluding hydrogens is 478 g/mol. The topological polar surface area (TPSA) is 134 Å². The Hall–Kier alpha value is -3.63. The Morgan fingerprint density at radius 3 is 2.74 bits per heavy atom. The van der Waals surface area contributed by atoms with Gasteiger partial charge in [0.2, 0.25) is 24.5 Å². The molecule has 0 aromatic heterocycles. The number of hydrogen-bond donors (Lipinski definition) is 3. The van der Waals surface area contributed by atoms with Crippen LogP contribution in [0.15, 0.2) is 36.4 Å². The minimum atomic E-state index is -1.52. The van der Waals surface area contributed by atoms with Gasteiger partial charge in [0.05, 0.1) is 29.1 Å². The molecule has 4 aliphatic rings. The van der Waals surface area contributed by atoms with Gasteiger partial charge in [-0.15, -0.1) is 0 Å². The number of anilines is 1. The van der Waals surface area contributed by atoms with Gasteiger partial charge in [-0.1, -0.05) is 29.8 Å². The number of carbonyl (C=O) groups is 4. The number of fused-ring (bicyclic) bond motifs is 5. The van der Waals surface area contributed by atoms with Gasteiger partial charge in [-0.2, -0.15) is 0 Å². The zero-order chi connectivity index (χ0) is 24.5. The molecule has 0 saturated carbocycles. The number of carboxylic acids is 1. The Kier molecular flexibility index (Phi) is 4.81. The summed E-state index contributed by atoms with van der Waals surface area (Å²) in [6.45, 7) is 0.0914. The van der Waals surface area contributed by atoms with Crippen molar-refractivity contribution in [1.29, 1.82) is 0 Å². The van der Waals surface area contributed by atoms with Gasteiger partial charge in [0.25, 0.3) is 0 Å². The van der Waals surface area contributed by atoms with Gasteiger partial charge in [0.15, 0.2) is 11.5 Å². The lowest BCUT2D eigenvalue weighted by atomic mass is 9.76. The van der Waals surface area contributed by atoms with Gasteiger partial charge >= 0.3 is 5.97 Å². The summed E-state index contributed by atoms with van der Waals surface area (Å²) in [6.07, 6.45) is -0.136. The number of nitrogens with zero attached hydrogens (tertiary/aromatic N) is 1. The van der Waals surface area contributed by atoms with E-state index in [0.29, 0.717) is 33.3 Å². The number of ether oxygens (including phenoxy) is 2. The summed E-state index contributed by atoms with van der Waals surface area (Å²) in [5.41, 5.74) is 0.0109. The fourth-order valence-corrected chi connectivity index (χ4v) is 5.98. The van der Waals surface area contributed by atoms with Crippen molar-refractivity contribution < 1.29 is 33.8 Å². The van der Waals surface area contributed by atoms with Gasteiger partial charge < -0.3 is 19.9 Å². The maximum Gasteiger partial charge on any atom is 0.303 e. The molecule has 180 valence electrons. The van der Waals surface area contributed by atoms with Crippen LogP contribution in [0.3, 0.4) is 0 Å². The normalized spacial score (nSPS) is 28.0. The lowest BCUT2D eigenvalue weighted by molar-refractivity contribution is -0.144. The van der Waals surface area contributed by atoms with Crippen LogP contribution in [0.4, 0.5) is 5.69 Å². The average Bonchev–Trinajstić information content (AvgIpc) is 3.55. The first kappa shape index (κ1) is 21.9. The number of halogens is 1. The van der Waals surface area contributed by atoms with Crippen LogP contribution in [0.25, 0.3) is 0 Å². The molecule has 11 heteroatoms. The largest absolute Gasteiger partial charge is 0.481 e. The third-order valence-electron chi connectivity index (χ3n) is 7.24. The second-order valence-electron chi connectivity index (χ2n) is 9.06. The number of imide groups is 1. The summed E-state index contributed by atoms with van der Waals surface area (Å²) >= 11 is 6.32. The number of amides is 3. The predicted octanol–water partition coefficient (Wildman–Crippen LogP) is 1.85. The van der Waals surface area contributed by atoms with Crippen molar-refractivity contribution in [2.45, 2.75) is 31.0 Å². The molecular formula is C24H20ClN3O7. The highest BCUT2D eigenvalue weighted by Gasteiger charge is 2.70. The van der Waals surface area contributed by atoms with Crippen LogP contribution >= 0.6 is 11.6 Å². The highest BCUT2D eigenvalue weighted by atomic mass is 35.5. The minimum absolute atomic E-state index is 0.00689. The molecule has 0 radical (unpaired) electrons. The van der Waals surface area contributed by atoms with Gasteiger partial charge in [-0.05, 0) is 30.2 Å². The van der Waals surface area contributed by atoms with E-state index in [0.717, 1.165) is 4.90 Å². The predicted molar refractivity (Wildman–Crippen MR) is 121 cm³/mol. The fraction of sp³-hybridized carbons (Fsp3) is 0.333. The molecule has 3 amide bonds. The third-order valence-corrected chi connectivity index (χ3v) is 7.55. The molecule has 2 saturated heterocycles. The van der Waals surface area contributed by atoms with Crippen LogP contribution < -0.4 is 20.1 Å². The van der Waals surface area contributed by atoms with Crippen LogP contribution in [-0.4, -0.2) is 46.5 Å². The van der Waals surface area contributed by atoms with Crippen molar-refractivity contribution in [1.82, 2.24) is 10.2 Å². The first-order valence-corrected chi connectivity index (χ1v) is 11.5. The summed E-state index contributed by atoms with van der Waals surface area (Å²) in [7, 11) is 0. The summed E-state index contributed by atoms with van der Waals surface area (Å²) in [5, 5.41) is 15.5. The van der Waals surface area contributed by atoms with Crippen molar-refractivity contribution in [2.24, 2.45) is 11.8 Å². The number of para-hydroxylation sites is 1. The van der Waals surface area contributed by atoms with Gasteiger partial charge in [0, 0.05) is 18.0 Å². The molecule has 0 unspecified atom stereocenters. The molecule has 35 heavy (non-hydrogen) atoms. The van der Waals surface area contributed by atoms with Gasteiger partial charge in [0.1, 0.15) is 5.54 Å². The van der Waals surface area contributed by atoms with Crippen LogP contribution in [0.2, 0.25) is 5.02 Å². The van der Waals surface area contributed by atoms with Crippen molar-refractivity contribution in [3.05, 3.63) is 52.5 Å². The van der Waals surface area contributed by atoms with E-state index in [2.05, 4.69) is 10.6 Å². The smallest absolute Gasteiger partial charge is 0.303 e. The number of hydrogen-bond acceptors (Lipinski definition) is 7. The molecule has 1 spiro atoms. The van der Waals surface area contributed by atoms with Crippen LogP contribution in [-0.2, 0) is 31.3 Å². The van der Waals surface area contributed by atoms with Crippen molar-refractivity contribution in [2.75, 3.05) is 12.1 Å². The van der Waals surface area contributed by atoms with Gasteiger partial charge in [-0.3, -0.25) is 29.4 Å². The zero-order valence-corrected chi connectivity index (χ0v) is 19.0. The van der Waals surface area contributed by atoms with E-state index in [1.807, 2.05) is 0 Å². The molecule has 6 rings (SSSR count). The number of nitrogens with one attached hydrogen (secondary N) is 2. The molecule has 3 N–H and O–H groups in total. The molecule has 4 atom stereocenters. The van der Waals surface area contributed by atoms with E-state index in [-0.39, 0.29) is 26.2 Å². The second-order valence-corrected chi connectivity index (χ2v) is 9.47. The molecule has 2 aromatic carbocycles. The standard InChI is InChI=1S/C24H20ClN3O7/c25-13-3-1-2-12-20(13)26-23(33)24(12)19-18(14(27-24)5-7-17(29)30)21(31)28(22(19)32)9-11-4-6-15-16(8-11)35-10-34-15/h1-4,6,8,14,18-19,27H,5,7,9-10H2,(H,26,33)(H,29,30)/t14-,18+,19-,24+/m0/s1. The quantitative estimate of drug-likeness (QED) is 0.533. The molecule has 10 nitrogen and oxygen atoms in total. The monoisotopic (exact) mass is 497 g/mol. The average molecular weight is 498 g/mol. The highest BCUT2D eigenvalue weighted by Crippen LogP contribution is 2.54. The van der Waals surface area contributed by atoms with E-state index in [1.165, 1.54) is 0 Å². The molecule has 4 aliphatic heterocycles. The van der Waals surface area contributed by atoms with Crippen LogP contribution in [0, 0.1) is 11.8 Å². The summed E-state index contributed by atoms with van der Waals surface area (Å²) in [6, 6.07) is 9.48. The lowest BCUT2D eigenvalue weighted by Gasteiger charge is -2.29. The summed E-state index contributed by atoms with van der Waals surface area (Å²) in [5.74, 6) is -3.28. The number of benzene rings is 2. The molecule has 2 aromatic rings. The Morgan fingerprint density at radius 2 is 1.94 bits per heavy atom. The Bertz CT molecular complexity index is 1310. The second kappa shape index (κ2) is 7.69. The fourth-order valence-electron chi connectivity index (χ4n) is 5.76. The molecule has 0 aliphatic carbocycles.